The minimum absolute atomic E-state index is 0.00177. The maximum Gasteiger partial charge on any atom is 0.416 e. The number of nitrogens with one attached hydrogen (secondary N) is 1. The van der Waals surface area contributed by atoms with Crippen LogP contribution in [-0.2, 0) is 15.5 Å². The molecule has 0 saturated carbocycles. The molecule has 0 aliphatic carbocycles. The average molecular weight is 555 g/mol. The third-order valence-electron chi connectivity index (χ3n) is 6.84. The number of amides is 1. The van der Waals surface area contributed by atoms with Gasteiger partial charge in [0.2, 0.25) is 5.91 Å². The van der Waals surface area contributed by atoms with Gasteiger partial charge in [-0.2, -0.15) is 13.2 Å². The fraction of sp³-hybridized carbons (Fsp3) is 0.440. The summed E-state index contributed by atoms with van der Waals surface area (Å²) in [5, 5.41) is 3.21. The van der Waals surface area contributed by atoms with Gasteiger partial charge in [-0.1, -0.05) is 12.1 Å². The van der Waals surface area contributed by atoms with E-state index in [0.29, 0.717) is 5.56 Å². The molecule has 3 aromatic rings. The molecule has 7 nitrogen and oxygen atoms in total. The van der Waals surface area contributed by atoms with Crippen molar-refractivity contribution in [2.24, 2.45) is 0 Å². The van der Waals surface area contributed by atoms with Gasteiger partial charge in [-0.25, -0.2) is 23.7 Å². The van der Waals surface area contributed by atoms with Crippen molar-refractivity contribution in [2.45, 2.75) is 46.3 Å². The molecule has 1 aliphatic rings. The molecule has 4 rings (SSSR count). The Hall–Kier alpha value is -3.14. The Balaban J connectivity index is 1.81. The predicted octanol–water partition coefficient (Wildman–Crippen LogP) is 5.62. The Labute approximate surface area is 216 Å². The summed E-state index contributed by atoms with van der Waals surface area (Å²) in [6, 6.07) is 4.60. The smallest absolute Gasteiger partial charge is 0.363 e. The highest BCUT2D eigenvalue weighted by Gasteiger charge is 2.35. The van der Waals surface area contributed by atoms with Gasteiger partial charge in [0.25, 0.3) is 6.43 Å². The van der Waals surface area contributed by atoms with Gasteiger partial charge < -0.3 is 14.8 Å². The molecule has 1 saturated heterocycles. The first-order valence-corrected chi connectivity index (χ1v) is 14.0. The zero-order valence-corrected chi connectivity index (χ0v) is 22.1. The average Bonchev–Trinajstić information content (AvgIpc) is 2.82. The summed E-state index contributed by atoms with van der Waals surface area (Å²) >= 11 is 0. The summed E-state index contributed by atoms with van der Waals surface area (Å²) in [7, 11) is -3.22. The number of aromatic nitrogens is 3. The topological polar surface area (TPSA) is 88.1 Å². The van der Waals surface area contributed by atoms with Gasteiger partial charge in [-0.05, 0) is 44.0 Å². The second-order valence-corrected chi connectivity index (χ2v) is 12.5. The van der Waals surface area contributed by atoms with Gasteiger partial charge >= 0.3 is 6.18 Å². The molecule has 38 heavy (non-hydrogen) atoms. The summed E-state index contributed by atoms with van der Waals surface area (Å²) in [4.78, 5) is 25.8. The van der Waals surface area contributed by atoms with E-state index >= 15 is 0 Å². The van der Waals surface area contributed by atoms with Crippen LogP contribution in [0.4, 0.5) is 27.8 Å². The van der Waals surface area contributed by atoms with Gasteiger partial charge in [0.05, 0.1) is 11.6 Å². The number of halogens is 5. The van der Waals surface area contributed by atoms with Crippen molar-refractivity contribution in [1.82, 2.24) is 19.9 Å². The number of carbonyl (C=O) groups is 1. The van der Waals surface area contributed by atoms with Gasteiger partial charge in [-0.3, -0.25) is 4.79 Å². The van der Waals surface area contributed by atoms with Crippen LogP contribution in [0, 0.1) is 13.8 Å². The summed E-state index contributed by atoms with van der Waals surface area (Å²) in [5.41, 5.74) is -1.14. The maximum atomic E-state index is 14.1. The molecule has 1 fully saturated rings. The monoisotopic (exact) mass is 555 g/mol. The standard InChI is InChI=1S/C25H27F5N5O2P/c1-13-17(6-5-7-19(13)25(28,29)30)14(2)31-24-18-12-20(38(37)10-8-35(9-11-38)16(4)36)34-22(23(26)27)21(18)32-15(3)33-24/h5-7,12,14,23H,8-11H2,1-4H3,(H,31,32,33)/t14-/m1/s1. The molecule has 2 aromatic heterocycles. The number of nitrogens with zero attached hydrogens (tertiary/aromatic N) is 4. The number of benzene rings is 1. The summed E-state index contributed by atoms with van der Waals surface area (Å²) in [5.74, 6) is 0.118. The molecule has 1 atom stereocenters. The second kappa shape index (κ2) is 10.2. The number of fused-ring (bicyclic) bond motifs is 1. The number of alkyl halides is 5. The van der Waals surface area contributed by atoms with E-state index in [4.69, 9.17) is 0 Å². The van der Waals surface area contributed by atoms with E-state index in [9.17, 15) is 31.3 Å². The molecule has 0 bridgehead atoms. The highest BCUT2D eigenvalue weighted by Crippen LogP contribution is 2.47. The highest BCUT2D eigenvalue weighted by atomic mass is 31.2. The number of anilines is 1. The van der Waals surface area contributed by atoms with Crippen LogP contribution in [0.3, 0.4) is 0 Å². The van der Waals surface area contributed by atoms with Crippen molar-refractivity contribution < 1.29 is 31.3 Å². The maximum absolute atomic E-state index is 14.1. The Bertz CT molecular complexity index is 1430. The van der Waals surface area contributed by atoms with Crippen LogP contribution in [0.2, 0.25) is 0 Å². The molecule has 0 unspecified atom stereocenters. The van der Waals surface area contributed by atoms with E-state index in [1.165, 1.54) is 32.9 Å². The predicted molar refractivity (Wildman–Crippen MR) is 134 cm³/mol. The van der Waals surface area contributed by atoms with E-state index < -0.39 is 37.0 Å². The zero-order chi connectivity index (χ0) is 28.0. The van der Waals surface area contributed by atoms with E-state index in [-0.39, 0.29) is 64.9 Å². The van der Waals surface area contributed by atoms with Crippen molar-refractivity contribution in [1.29, 1.82) is 0 Å². The number of hydrogen-bond acceptors (Lipinski definition) is 6. The van der Waals surface area contributed by atoms with Crippen LogP contribution in [0.15, 0.2) is 24.3 Å². The fourth-order valence-electron chi connectivity index (χ4n) is 4.77. The normalized spacial score (nSPS) is 16.6. The van der Waals surface area contributed by atoms with Crippen molar-refractivity contribution in [3.8, 4) is 0 Å². The van der Waals surface area contributed by atoms with Gasteiger partial charge in [0, 0.05) is 37.7 Å². The minimum Gasteiger partial charge on any atom is -0.363 e. The highest BCUT2D eigenvalue weighted by molar-refractivity contribution is 7.71. The van der Waals surface area contributed by atoms with Crippen molar-refractivity contribution >= 4 is 35.2 Å². The molecular weight excluding hydrogens is 528 g/mol. The molecule has 0 radical (unpaired) electrons. The van der Waals surface area contributed by atoms with Crippen LogP contribution in [0.1, 0.15) is 54.5 Å². The lowest BCUT2D eigenvalue weighted by Crippen LogP contribution is -2.40. The molecule has 1 aromatic carbocycles. The van der Waals surface area contributed by atoms with E-state index in [2.05, 4.69) is 20.3 Å². The first-order valence-electron chi connectivity index (χ1n) is 12.0. The largest absolute Gasteiger partial charge is 0.416 e. The number of pyridine rings is 1. The Morgan fingerprint density at radius 1 is 1.11 bits per heavy atom. The van der Waals surface area contributed by atoms with Crippen molar-refractivity contribution in [3.63, 3.8) is 0 Å². The molecule has 1 amide bonds. The summed E-state index contributed by atoms with van der Waals surface area (Å²) < 4.78 is 82.5. The van der Waals surface area contributed by atoms with Gasteiger partial charge in [0.15, 0.2) is 0 Å². The minimum atomic E-state index is -4.53. The van der Waals surface area contributed by atoms with Crippen LogP contribution < -0.4 is 10.8 Å². The molecule has 3 heterocycles. The second-order valence-electron chi connectivity index (χ2n) is 9.41. The van der Waals surface area contributed by atoms with E-state index in [0.717, 1.165) is 6.07 Å². The summed E-state index contributed by atoms with van der Waals surface area (Å²) in [6.45, 7) is 6.37. The lowest BCUT2D eigenvalue weighted by atomic mass is 9.97. The third kappa shape index (κ3) is 5.36. The summed E-state index contributed by atoms with van der Waals surface area (Å²) in [6.07, 6.45) is -7.35. The van der Waals surface area contributed by atoms with E-state index in [1.807, 2.05) is 0 Å². The van der Waals surface area contributed by atoms with Gasteiger partial charge in [-0.15, -0.1) is 0 Å². The third-order valence-corrected chi connectivity index (χ3v) is 9.75. The lowest BCUT2D eigenvalue weighted by molar-refractivity contribution is -0.138. The van der Waals surface area contributed by atoms with Crippen LogP contribution in [0.25, 0.3) is 10.9 Å². The Morgan fingerprint density at radius 2 is 1.76 bits per heavy atom. The number of hydrogen-bond donors (Lipinski definition) is 1. The van der Waals surface area contributed by atoms with E-state index in [1.54, 1.807) is 17.9 Å². The molecule has 1 aliphatic heterocycles. The van der Waals surface area contributed by atoms with Crippen LogP contribution in [-0.4, -0.2) is 51.2 Å². The van der Waals surface area contributed by atoms with Crippen LogP contribution in [0.5, 0.6) is 0 Å². The van der Waals surface area contributed by atoms with Crippen molar-refractivity contribution in [3.05, 3.63) is 52.5 Å². The molecule has 13 heteroatoms. The Kier molecular flexibility index (Phi) is 7.49. The lowest BCUT2D eigenvalue weighted by Gasteiger charge is -2.31. The number of aryl methyl sites for hydroxylation is 1. The number of rotatable bonds is 5. The zero-order valence-electron chi connectivity index (χ0n) is 21.2. The SMILES string of the molecule is CC(=O)N1CCP(=O)(c2cc3c(N[C@H](C)c4cccc(C(F)(F)F)c4C)nc(C)nc3c(C(F)F)n2)CC1. The molecule has 0 spiro atoms. The first kappa shape index (κ1) is 27.9. The molecule has 204 valence electrons. The number of carbonyl (C=O) groups excluding carboxylic acids is 1. The van der Waals surface area contributed by atoms with Crippen LogP contribution >= 0.6 is 7.14 Å². The quantitative estimate of drug-likeness (QED) is 0.325. The van der Waals surface area contributed by atoms with Crippen molar-refractivity contribution in [2.75, 3.05) is 30.7 Å². The Morgan fingerprint density at radius 3 is 2.34 bits per heavy atom. The first-order chi connectivity index (χ1) is 17.7. The molecular formula is C25H27F5N5O2P. The molecule has 1 N–H and O–H groups in total. The van der Waals surface area contributed by atoms with Gasteiger partial charge in [0.1, 0.15) is 35.4 Å². The fourth-order valence-corrected chi connectivity index (χ4v) is 7.23.